The minimum absolute atomic E-state index is 0.519. The summed E-state index contributed by atoms with van der Waals surface area (Å²) in [5, 5.41) is 17.3. The van der Waals surface area contributed by atoms with Crippen molar-refractivity contribution in [2.45, 2.75) is 24.8 Å². The van der Waals surface area contributed by atoms with E-state index in [2.05, 4.69) is 25.4 Å². The van der Waals surface area contributed by atoms with Crippen LogP contribution < -0.4 is 0 Å². The molecule has 0 N–H and O–H groups in total. The maximum Gasteiger partial charge on any atom is 0.256 e. The van der Waals surface area contributed by atoms with Crippen LogP contribution in [0.5, 0.6) is 0 Å². The van der Waals surface area contributed by atoms with Crippen molar-refractivity contribution in [3.05, 3.63) is 53.7 Å². The predicted octanol–water partition coefficient (Wildman–Crippen LogP) is 3.08. The predicted molar refractivity (Wildman–Crippen MR) is 89.6 cm³/mol. The van der Waals surface area contributed by atoms with Crippen LogP contribution in [-0.4, -0.2) is 29.8 Å². The zero-order chi connectivity index (χ0) is 16.5. The molecule has 3 aromatic heterocycles. The van der Waals surface area contributed by atoms with Gasteiger partial charge in [0, 0.05) is 17.0 Å². The summed E-state index contributed by atoms with van der Waals surface area (Å²) in [7, 11) is 0. The summed E-state index contributed by atoms with van der Waals surface area (Å²) < 4.78 is 7.64. The number of benzene rings is 1. The molecule has 4 rings (SSSR count). The van der Waals surface area contributed by atoms with Crippen molar-refractivity contribution < 1.29 is 4.42 Å². The lowest BCUT2D eigenvalue weighted by Gasteiger charge is -2.02. The van der Waals surface area contributed by atoms with Crippen molar-refractivity contribution in [1.29, 1.82) is 0 Å². The van der Waals surface area contributed by atoms with Crippen LogP contribution in [0, 0.1) is 13.8 Å². The summed E-state index contributed by atoms with van der Waals surface area (Å²) in [6.07, 6.45) is 0. The molecule has 0 spiro atoms. The number of rotatable bonds is 4. The molecule has 0 fully saturated rings. The van der Waals surface area contributed by atoms with Gasteiger partial charge in [0.05, 0.1) is 5.75 Å². The molecular formula is C16H14N6OS. The van der Waals surface area contributed by atoms with Crippen LogP contribution in [0.3, 0.4) is 0 Å². The lowest BCUT2D eigenvalue weighted by molar-refractivity contribution is 0.528. The minimum atomic E-state index is 0.519. The van der Waals surface area contributed by atoms with Gasteiger partial charge in [-0.25, -0.2) is 4.98 Å². The lowest BCUT2D eigenvalue weighted by atomic mass is 10.2. The second-order valence-corrected chi connectivity index (χ2v) is 6.26. The van der Waals surface area contributed by atoms with E-state index in [-0.39, 0.29) is 0 Å². The number of nitrogens with zero attached hydrogens (tertiary/aromatic N) is 6. The molecule has 120 valence electrons. The van der Waals surface area contributed by atoms with E-state index in [0.717, 1.165) is 22.1 Å². The molecule has 0 saturated heterocycles. The molecule has 24 heavy (non-hydrogen) atoms. The second kappa shape index (κ2) is 6.04. The van der Waals surface area contributed by atoms with Gasteiger partial charge in [-0.1, -0.05) is 30.0 Å². The maximum atomic E-state index is 5.71. The molecule has 8 heteroatoms. The Bertz CT molecular complexity index is 994. The third-order valence-corrected chi connectivity index (χ3v) is 4.39. The van der Waals surface area contributed by atoms with E-state index in [1.165, 1.54) is 11.8 Å². The summed E-state index contributed by atoms with van der Waals surface area (Å²) in [6, 6.07) is 11.7. The van der Waals surface area contributed by atoms with Gasteiger partial charge < -0.3 is 4.42 Å². The lowest BCUT2D eigenvalue weighted by Crippen LogP contribution is -1.97. The molecule has 7 nitrogen and oxygen atoms in total. The first kappa shape index (κ1) is 14.8. The van der Waals surface area contributed by atoms with Crippen LogP contribution in [0.1, 0.15) is 17.3 Å². The third-order valence-electron chi connectivity index (χ3n) is 3.48. The topological polar surface area (TPSA) is 82.0 Å². The number of aromatic nitrogens is 6. The van der Waals surface area contributed by atoms with Gasteiger partial charge in [-0.2, -0.15) is 0 Å². The Morgan fingerprint density at radius 1 is 1.04 bits per heavy atom. The Labute approximate surface area is 142 Å². The highest BCUT2D eigenvalue weighted by Crippen LogP contribution is 2.24. The maximum absolute atomic E-state index is 5.71. The number of aryl methyl sites for hydroxylation is 2. The Kier molecular flexibility index (Phi) is 3.73. The molecule has 0 amide bonds. The minimum Gasteiger partial charge on any atom is -0.420 e. The fraction of sp³-hybridized carbons (Fsp3) is 0.188. The molecule has 0 aliphatic heterocycles. The van der Waals surface area contributed by atoms with Gasteiger partial charge in [0.1, 0.15) is 0 Å². The largest absolute Gasteiger partial charge is 0.420 e. The zero-order valence-corrected chi connectivity index (χ0v) is 14.0. The first-order valence-corrected chi connectivity index (χ1v) is 8.39. The van der Waals surface area contributed by atoms with Crippen LogP contribution in [0.4, 0.5) is 0 Å². The van der Waals surface area contributed by atoms with Crippen LogP contribution in [0.15, 0.2) is 46.0 Å². The normalized spacial score (nSPS) is 11.2. The summed E-state index contributed by atoms with van der Waals surface area (Å²) in [6.45, 7) is 3.95. The second-order valence-electron chi connectivity index (χ2n) is 5.31. The fourth-order valence-electron chi connectivity index (χ4n) is 2.43. The van der Waals surface area contributed by atoms with Crippen molar-refractivity contribution in [3.63, 3.8) is 0 Å². The van der Waals surface area contributed by atoms with E-state index in [9.17, 15) is 0 Å². The van der Waals surface area contributed by atoms with Crippen molar-refractivity contribution in [1.82, 2.24) is 29.8 Å². The molecule has 4 aromatic rings. The van der Waals surface area contributed by atoms with Gasteiger partial charge >= 0.3 is 0 Å². The molecule has 3 heterocycles. The van der Waals surface area contributed by atoms with Crippen molar-refractivity contribution in [2.75, 3.05) is 0 Å². The van der Waals surface area contributed by atoms with Gasteiger partial charge in [-0.3, -0.25) is 4.40 Å². The summed E-state index contributed by atoms with van der Waals surface area (Å²) >= 11 is 1.49. The zero-order valence-electron chi connectivity index (χ0n) is 13.2. The Morgan fingerprint density at radius 2 is 1.88 bits per heavy atom. The van der Waals surface area contributed by atoms with Crippen molar-refractivity contribution in [2.24, 2.45) is 0 Å². The first-order chi connectivity index (χ1) is 11.7. The van der Waals surface area contributed by atoms with E-state index < -0.39 is 0 Å². The third kappa shape index (κ3) is 2.76. The SMILES string of the molecule is Cc1cc(C)n2c(SCc3nnc(-c4ccccc4)o3)nnc2n1. The highest BCUT2D eigenvalue weighted by Gasteiger charge is 2.13. The van der Waals surface area contributed by atoms with Gasteiger partial charge in [0.25, 0.3) is 5.78 Å². The number of fused-ring (bicyclic) bond motifs is 1. The van der Waals surface area contributed by atoms with Crippen LogP contribution in [-0.2, 0) is 5.75 Å². The van der Waals surface area contributed by atoms with E-state index in [1.807, 2.05) is 54.6 Å². The standard InChI is InChI=1S/C16H14N6OS/c1-10-8-11(2)22-15(17-10)20-21-16(22)24-9-13-18-19-14(23-13)12-6-4-3-5-7-12/h3-8H,9H2,1-2H3. The monoisotopic (exact) mass is 338 g/mol. The molecule has 0 radical (unpaired) electrons. The summed E-state index contributed by atoms with van der Waals surface area (Å²) in [4.78, 5) is 4.38. The molecule has 0 aliphatic rings. The van der Waals surface area contributed by atoms with Gasteiger partial charge in [-0.05, 0) is 32.0 Å². The molecule has 0 bridgehead atoms. The van der Waals surface area contributed by atoms with Gasteiger partial charge in [0.2, 0.25) is 11.8 Å². The van der Waals surface area contributed by atoms with Crippen LogP contribution >= 0.6 is 11.8 Å². The molecule has 0 saturated carbocycles. The van der Waals surface area contributed by atoms with Crippen LogP contribution in [0.2, 0.25) is 0 Å². The smallest absolute Gasteiger partial charge is 0.256 e. The van der Waals surface area contributed by atoms with E-state index in [4.69, 9.17) is 4.42 Å². The average molecular weight is 338 g/mol. The number of thioether (sulfide) groups is 1. The summed E-state index contributed by atoms with van der Waals surface area (Å²) in [5.41, 5.74) is 2.87. The molecule has 0 aliphatic carbocycles. The Morgan fingerprint density at radius 3 is 2.71 bits per heavy atom. The molecule has 0 atom stereocenters. The average Bonchev–Trinajstić information content (AvgIpc) is 3.20. The van der Waals surface area contributed by atoms with Crippen LogP contribution in [0.25, 0.3) is 17.2 Å². The molecular weight excluding hydrogens is 324 g/mol. The molecule has 1 aromatic carbocycles. The van der Waals surface area contributed by atoms with E-state index in [1.54, 1.807) is 0 Å². The first-order valence-electron chi connectivity index (χ1n) is 7.41. The Balaban J connectivity index is 1.55. The Hall–Kier alpha value is -2.74. The number of hydrogen-bond donors (Lipinski definition) is 0. The van der Waals surface area contributed by atoms with E-state index in [0.29, 0.717) is 23.3 Å². The fourth-order valence-corrected chi connectivity index (χ4v) is 3.25. The molecule has 0 unspecified atom stereocenters. The van der Waals surface area contributed by atoms with Gasteiger partial charge in [0.15, 0.2) is 5.16 Å². The quantitative estimate of drug-likeness (QED) is 0.529. The van der Waals surface area contributed by atoms with E-state index >= 15 is 0 Å². The van der Waals surface area contributed by atoms with Gasteiger partial charge in [-0.15, -0.1) is 20.4 Å². The highest BCUT2D eigenvalue weighted by atomic mass is 32.2. The number of hydrogen-bond acceptors (Lipinski definition) is 7. The van der Waals surface area contributed by atoms with Crippen molar-refractivity contribution >= 4 is 17.5 Å². The highest BCUT2D eigenvalue weighted by molar-refractivity contribution is 7.98. The summed E-state index contributed by atoms with van der Waals surface area (Å²) in [5.74, 6) is 2.19. The van der Waals surface area contributed by atoms with Crippen molar-refractivity contribution in [3.8, 4) is 11.5 Å².